The van der Waals surface area contributed by atoms with Crippen LogP contribution in [0.1, 0.15) is 0 Å². The summed E-state index contributed by atoms with van der Waals surface area (Å²) in [6, 6.07) is 12.5. The summed E-state index contributed by atoms with van der Waals surface area (Å²) in [5.41, 5.74) is 1.16. The second-order valence-electron chi connectivity index (χ2n) is 6.67. The highest BCUT2D eigenvalue weighted by molar-refractivity contribution is 6.04. The molecule has 5 heteroatoms. The molecule has 0 N–H and O–H groups in total. The number of nitrogens with zero attached hydrogens (tertiary/aromatic N) is 2. The average molecular weight is 353 g/mol. The van der Waals surface area contributed by atoms with Crippen molar-refractivity contribution < 1.29 is 18.8 Å². The van der Waals surface area contributed by atoms with Gasteiger partial charge in [0.25, 0.3) is 0 Å². The lowest BCUT2D eigenvalue weighted by Crippen LogP contribution is -2.38. The summed E-state index contributed by atoms with van der Waals surface area (Å²) < 4.78 is 18.9. The third-order valence-electron chi connectivity index (χ3n) is 5.01. The van der Waals surface area contributed by atoms with Crippen LogP contribution in [0.15, 0.2) is 42.6 Å². The van der Waals surface area contributed by atoms with Crippen molar-refractivity contribution in [3.63, 3.8) is 0 Å². The van der Waals surface area contributed by atoms with Gasteiger partial charge in [-0.3, -0.25) is 4.90 Å². The van der Waals surface area contributed by atoms with E-state index >= 15 is 0 Å². The van der Waals surface area contributed by atoms with Gasteiger partial charge in [-0.05, 0) is 30.3 Å². The Morgan fingerprint density at radius 2 is 1.81 bits per heavy atom. The maximum absolute atomic E-state index is 6.00. The molecule has 2 heterocycles. The first-order chi connectivity index (χ1) is 12.7. The number of fused-ring (bicyclic) bond motifs is 3. The molecular formula is C21H25N2O3+. The van der Waals surface area contributed by atoms with Crippen LogP contribution >= 0.6 is 0 Å². The lowest BCUT2D eigenvalue weighted by molar-refractivity contribution is -0.643. The Labute approximate surface area is 153 Å². The number of methoxy groups -OCH3 is 1. The average Bonchev–Trinajstić information content (AvgIpc) is 2.68. The monoisotopic (exact) mass is 353 g/mol. The fourth-order valence-electron chi connectivity index (χ4n) is 3.54. The molecule has 0 aliphatic carbocycles. The first kappa shape index (κ1) is 17.1. The van der Waals surface area contributed by atoms with Crippen LogP contribution in [-0.4, -0.2) is 51.5 Å². The van der Waals surface area contributed by atoms with Crippen LogP contribution in [0.5, 0.6) is 11.5 Å². The van der Waals surface area contributed by atoms with Crippen LogP contribution in [0.3, 0.4) is 0 Å². The Balaban J connectivity index is 1.56. The summed E-state index contributed by atoms with van der Waals surface area (Å²) in [5.74, 6) is 1.79. The molecule has 4 rings (SSSR count). The molecule has 0 radical (unpaired) electrons. The van der Waals surface area contributed by atoms with E-state index in [1.165, 1.54) is 16.2 Å². The van der Waals surface area contributed by atoms with Crippen molar-refractivity contribution in [3.05, 3.63) is 42.6 Å². The fraction of sp³-hybridized carbons (Fsp3) is 0.381. The molecule has 0 bridgehead atoms. The molecule has 3 aromatic rings. The predicted octanol–water partition coefficient (Wildman–Crippen LogP) is 2.54. The maximum atomic E-state index is 6.00. The van der Waals surface area contributed by atoms with E-state index in [4.69, 9.17) is 14.2 Å². The molecule has 1 saturated heterocycles. The number of aryl methyl sites for hydroxylation is 1. The van der Waals surface area contributed by atoms with E-state index in [0.717, 1.165) is 49.9 Å². The third kappa shape index (κ3) is 3.45. The summed E-state index contributed by atoms with van der Waals surface area (Å²) in [7, 11) is 3.77. The molecule has 1 aliphatic rings. The minimum atomic E-state index is 0.694. The van der Waals surface area contributed by atoms with Gasteiger partial charge in [0.15, 0.2) is 6.20 Å². The van der Waals surface area contributed by atoms with Crippen LogP contribution in [0.2, 0.25) is 0 Å². The second kappa shape index (κ2) is 7.48. The van der Waals surface area contributed by atoms with Crippen LogP contribution in [0, 0.1) is 0 Å². The van der Waals surface area contributed by atoms with Gasteiger partial charge in [0.1, 0.15) is 25.2 Å². The molecule has 26 heavy (non-hydrogen) atoms. The van der Waals surface area contributed by atoms with E-state index in [1.54, 1.807) is 7.11 Å². The smallest absolute Gasteiger partial charge is 0.216 e. The Kier molecular flexibility index (Phi) is 4.91. The van der Waals surface area contributed by atoms with Gasteiger partial charge in [0.2, 0.25) is 5.52 Å². The Morgan fingerprint density at radius 1 is 1.04 bits per heavy atom. The van der Waals surface area contributed by atoms with Crippen LogP contribution < -0.4 is 14.0 Å². The van der Waals surface area contributed by atoms with Gasteiger partial charge < -0.3 is 14.2 Å². The zero-order valence-corrected chi connectivity index (χ0v) is 15.4. The molecule has 0 atom stereocenters. The molecule has 0 unspecified atom stereocenters. The molecule has 1 aromatic heterocycles. The van der Waals surface area contributed by atoms with Gasteiger partial charge in [-0.25, -0.2) is 4.57 Å². The topological polar surface area (TPSA) is 34.8 Å². The van der Waals surface area contributed by atoms with E-state index in [0.29, 0.717) is 6.61 Å². The quantitative estimate of drug-likeness (QED) is 0.522. The van der Waals surface area contributed by atoms with Crippen LogP contribution in [0.25, 0.3) is 21.7 Å². The molecule has 0 amide bonds. The Morgan fingerprint density at radius 3 is 2.62 bits per heavy atom. The molecule has 0 saturated carbocycles. The number of aromatic nitrogens is 1. The number of rotatable bonds is 5. The van der Waals surface area contributed by atoms with Crippen molar-refractivity contribution in [3.8, 4) is 11.5 Å². The summed E-state index contributed by atoms with van der Waals surface area (Å²) in [4.78, 5) is 2.38. The highest BCUT2D eigenvalue weighted by Gasteiger charge is 2.13. The molecular weight excluding hydrogens is 328 g/mol. The summed E-state index contributed by atoms with van der Waals surface area (Å²) in [6.07, 6.45) is 2.14. The number of pyridine rings is 1. The summed E-state index contributed by atoms with van der Waals surface area (Å²) in [5, 5.41) is 3.60. The lowest BCUT2D eigenvalue weighted by atomic mass is 10.1. The van der Waals surface area contributed by atoms with Crippen LogP contribution in [0.4, 0.5) is 0 Å². The minimum Gasteiger partial charge on any atom is -0.497 e. The summed E-state index contributed by atoms with van der Waals surface area (Å²) in [6.45, 7) is 5.26. The highest BCUT2D eigenvalue weighted by Crippen LogP contribution is 2.28. The highest BCUT2D eigenvalue weighted by atomic mass is 16.5. The largest absolute Gasteiger partial charge is 0.497 e. The summed E-state index contributed by atoms with van der Waals surface area (Å²) >= 11 is 0. The first-order valence-electron chi connectivity index (χ1n) is 9.07. The van der Waals surface area contributed by atoms with Gasteiger partial charge in [-0.2, -0.15) is 0 Å². The van der Waals surface area contributed by atoms with Crippen molar-refractivity contribution >= 4 is 21.7 Å². The molecule has 5 nitrogen and oxygen atoms in total. The van der Waals surface area contributed by atoms with Gasteiger partial charge >= 0.3 is 0 Å². The van der Waals surface area contributed by atoms with Gasteiger partial charge in [0, 0.05) is 25.0 Å². The number of hydrogen-bond acceptors (Lipinski definition) is 4. The van der Waals surface area contributed by atoms with E-state index in [1.807, 2.05) is 6.07 Å². The number of ether oxygens (including phenoxy) is 3. The second-order valence-corrected chi connectivity index (χ2v) is 6.67. The van der Waals surface area contributed by atoms with Crippen molar-refractivity contribution in [2.75, 3.05) is 46.6 Å². The van der Waals surface area contributed by atoms with Crippen molar-refractivity contribution in [2.24, 2.45) is 7.05 Å². The predicted molar refractivity (Wildman–Crippen MR) is 102 cm³/mol. The first-order valence-corrected chi connectivity index (χ1v) is 9.07. The van der Waals surface area contributed by atoms with Crippen LogP contribution in [-0.2, 0) is 11.8 Å². The molecule has 2 aromatic carbocycles. The van der Waals surface area contributed by atoms with E-state index in [-0.39, 0.29) is 0 Å². The van der Waals surface area contributed by atoms with E-state index in [2.05, 4.69) is 53.0 Å². The van der Waals surface area contributed by atoms with E-state index in [9.17, 15) is 0 Å². The van der Waals surface area contributed by atoms with Gasteiger partial charge in [0.05, 0.1) is 37.2 Å². The Bertz CT molecular complexity index is 920. The zero-order valence-electron chi connectivity index (χ0n) is 15.4. The minimum absolute atomic E-state index is 0.694. The Hall–Kier alpha value is -2.37. The molecule has 1 aliphatic heterocycles. The zero-order chi connectivity index (χ0) is 17.9. The third-order valence-corrected chi connectivity index (χ3v) is 5.01. The number of hydrogen-bond donors (Lipinski definition) is 0. The standard InChI is InChI=1S/C21H25N2O3/c1-22-15-16-13-17(24-2)3-5-19(16)20-6-4-18(14-21(20)22)26-12-9-23-7-10-25-11-8-23/h3-6,13-15H,7-12H2,1-2H3/q+1. The van der Waals surface area contributed by atoms with E-state index < -0.39 is 0 Å². The molecule has 136 valence electrons. The van der Waals surface area contributed by atoms with Gasteiger partial charge in [-0.1, -0.05) is 0 Å². The SMILES string of the molecule is COc1ccc2c(c1)c[n+](C)c1cc(OCCN3CCOCC3)ccc21. The van der Waals surface area contributed by atoms with Crippen molar-refractivity contribution in [1.82, 2.24) is 4.90 Å². The lowest BCUT2D eigenvalue weighted by Gasteiger charge is -2.26. The maximum Gasteiger partial charge on any atom is 0.216 e. The van der Waals surface area contributed by atoms with Gasteiger partial charge in [-0.15, -0.1) is 0 Å². The van der Waals surface area contributed by atoms with Crippen molar-refractivity contribution in [1.29, 1.82) is 0 Å². The fourth-order valence-corrected chi connectivity index (χ4v) is 3.54. The number of benzene rings is 2. The normalized spacial score (nSPS) is 15.5. The molecule has 1 fully saturated rings. The number of morpholine rings is 1. The molecule has 0 spiro atoms. The van der Waals surface area contributed by atoms with Crippen molar-refractivity contribution in [2.45, 2.75) is 0 Å².